The zero-order valence-electron chi connectivity index (χ0n) is 17.1. The third kappa shape index (κ3) is 6.08. The van der Waals surface area contributed by atoms with Gasteiger partial charge in [-0.15, -0.1) is 0 Å². The average molecular weight is 588 g/mol. The van der Waals surface area contributed by atoms with E-state index in [0.717, 1.165) is 5.56 Å². The number of ether oxygens (including phenoxy) is 3. The molecule has 0 radical (unpaired) electrons. The Kier molecular flexibility index (Phi) is 8.26. The zero-order chi connectivity index (χ0) is 23.3. The second-order valence-corrected chi connectivity index (χ2v) is 8.95. The lowest BCUT2D eigenvalue weighted by Crippen LogP contribution is -2.20. The quantitative estimate of drug-likeness (QED) is 0.355. The van der Waals surface area contributed by atoms with Crippen LogP contribution in [0.5, 0.6) is 17.2 Å². The van der Waals surface area contributed by atoms with Gasteiger partial charge >= 0.3 is 0 Å². The predicted octanol–water partition coefficient (Wildman–Crippen LogP) is 4.11. The number of aliphatic imine (C=N–C) groups is 1. The number of nitrogens with one attached hydrogen (secondary N) is 1. The molecule has 0 aliphatic carbocycles. The molecule has 1 fully saturated rings. The lowest BCUT2D eigenvalue weighted by Gasteiger charge is -2.14. The molecule has 168 valence electrons. The van der Waals surface area contributed by atoms with Gasteiger partial charge in [0, 0.05) is 5.02 Å². The van der Waals surface area contributed by atoms with Gasteiger partial charge in [-0.25, -0.2) is 4.99 Å². The van der Waals surface area contributed by atoms with E-state index >= 15 is 0 Å². The van der Waals surface area contributed by atoms with Gasteiger partial charge in [0.05, 0.1) is 22.2 Å². The molecular weight excluding hydrogens is 569 g/mol. The first-order valence-electron chi connectivity index (χ1n) is 9.31. The van der Waals surface area contributed by atoms with Gasteiger partial charge in [-0.05, 0) is 83.2 Å². The molecule has 3 rings (SSSR count). The minimum atomic E-state index is -0.586. The Morgan fingerprint density at radius 2 is 2.06 bits per heavy atom. The van der Waals surface area contributed by atoms with Crippen LogP contribution < -0.4 is 25.3 Å². The monoisotopic (exact) mass is 587 g/mol. The van der Waals surface area contributed by atoms with Crippen molar-refractivity contribution in [2.45, 2.75) is 6.92 Å². The summed E-state index contributed by atoms with van der Waals surface area (Å²) in [5.41, 5.74) is 6.41. The second kappa shape index (κ2) is 10.9. The fraction of sp³-hybridized carbons (Fsp3) is 0.190. The van der Waals surface area contributed by atoms with E-state index in [1.54, 1.807) is 30.3 Å². The van der Waals surface area contributed by atoms with E-state index in [0.29, 0.717) is 48.2 Å². The Bertz CT molecular complexity index is 1120. The lowest BCUT2D eigenvalue weighted by atomic mass is 10.2. The minimum Gasteiger partial charge on any atom is -0.494 e. The Labute approximate surface area is 207 Å². The number of carbonyl (C=O) groups excluding carboxylic acids is 2. The summed E-state index contributed by atoms with van der Waals surface area (Å²) in [6, 6.07) is 8.61. The molecule has 11 heteroatoms. The molecule has 0 spiro atoms. The number of amides is 2. The Morgan fingerprint density at radius 3 is 2.75 bits per heavy atom. The standard InChI is InChI=1S/C21H19ClIN3O5S/c1-3-30-16-7-11(6-13(23)19(16)31-10-18(24)27)8-17-20(28)26-21(32-17)25-14-9-12(22)4-5-15(14)29-2/h4-9H,3,10H2,1-2H3,(H2,24,27)(H,25,26,28)/b17-8-. The van der Waals surface area contributed by atoms with Crippen LogP contribution in [0.3, 0.4) is 0 Å². The number of rotatable bonds is 8. The third-order valence-corrected chi connectivity index (χ3v) is 5.95. The number of methoxy groups -OCH3 is 1. The van der Waals surface area contributed by atoms with Gasteiger partial charge in [0.25, 0.3) is 11.8 Å². The summed E-state index contributed by atoms with van der Waals surface area (Å²) >= 11 is 9.32. The largest absolute Gasteiger partial charge is 0.494 e. The van der Waals surface area contributed by atoms with Crippen LogP contribution in [0, 0.1) is 3.57 Å². The predicted molar refractivity (Wildman–Crippen MR) is 134 cm³/mol. The average Bonchev–Trinajstić information content (AvgIpc) is 3.06. The number of benzene rings is 2. The Morgan fingerprint density at radius 1 is 1.28 bits per heavy atom. The van der Waals surface area contributed by atoms with Crippen LogP contribution in [-0.4, -0.2) is 37.3 Å². The maximum atomic E-state index is 12.5. The number of amidine groups is 1. The molecule has 32 heavy (non-hydrogen) atoms. The van der Waals surface area contributed by atoms with Crippen molar-refractivity contribution < 1.29 is 23.8 Å². The summed E-state index contributed by atoms with van der Waals surface area (Å²) in [5, 5.41) is 3.65. The number of hydrogen-bond acceptors (Lipinski definition) is 7. The SMILES string of the molecule is CCOc1cc(/C=C2\SC(=Nc3cc(Cl)ccc3OC)NC2=O)cc(I)c1OCC(N)=O. The smallest absolute Gasteiger partial charge is 0.264 e. The molecule has 2 aromatic rings. The molecule has 3 N–H and O–H groups in total. The fourth-order valence-electron chi connectivity index (χ4n) is 2.71. The van der Waals surface area contributed by atoms with E-state index in [-0.39, 0.29) is 12.5 Å². The molecule has 2 aromatic carbocycles. The summed E-state index contributed by atoms with van der Waals surface area (Å²) < 4.78 is 17.1. The van der Waals surface area contributed by atoms with Gasteiger partial charge in [-0.2, -0.15) is 0 Å². The van der Waals surface area contributed by atoms with Crippen LogP contribution in [-0.2, 0) is 9.59 Å². The van der Waals surface area contributed by atoms with Gasteiger partial charge in [-0.1, -0.05) is 11.6 Å². The van der Waals surface area contributed by atoms with E-state index in [1.807, 2.05) is 13.0 Å². The van der Waals surface area contributed by atoms with Crippen molar-refractivity contribution in [2.24, 2.45) is 10.7 Å². The van der Waals surface area contributed by atoms with Crippen molar-refractivity contribution in [3.8, 4) is 17.2 Å². The lowest BCUT2D eigenvalue weighted by molar-refractivity contribution is -0.120. The molecule has 8 nitrogen and oxygen atoms in total. The van der Waals surface area contributed by atoms with Crippen LogP contribution in [0.4, 0.5) is 5.69 Å². The highest BCUT2D eigenvalue weighted by atomic mass is 127. The molecule has 1 aliphatic heterocycles. The maximum absolute atomic E-state index is 12.5. The van der Waals surface area contributed by atoms with Gasteiger partial charge < -0.3 is 25.3 Å². The minimum absolute atomic E-state index is 0.262. The molecule has 2 amide bonds. The molecule has 0 bridgehead atoms. The summed E-state index contributed by atoms with van der Waals surface area (Å²) in [4.78, 5) is 28.5. The number of hydrogen-bond donors (Lipinski definition) is 2. The highest BCUT2D eigenvalue weighted by Crippen LogP contribution is 2.37. The first-order valence-corrected chi connectivity index (χ1v) is 11.6. The van der Waals surface area contributed by atoms with Crippen LogP contribution in [0.25, 0.3) is 6.08 Å². The summed E-state index contributed by atoms with van der Waals surface area (Å²) in [6.45, 7) is 1.97. The van der Waals surface area contributed by atoms with E-state index in [4.69, 9.17) is 31.5 Å². The Balaban J connectivity index is 1.89. The molecule has 1 saturated heterocycles. The second-order valence-electron chi connectivity index (χ2n) is 6.32. The van der Waals surface area contributed by atoms with Crippen LogP contribution in [0.15, 0.2) is 40.2 Å². The van der Waals surface area contributed by atoms with Gasteiger partial charge in [0.1, 0.15) is 11.4 Å². The first kappa shape index (κ1) is 24.2. The van der Waals surface area contributed by atoms with Gasteiger partial charge in [0.2, 0.25) is 0 Å². The molecule has 0 unspecified atom stereocenters. The molecule has 1 aliphatic rings. The highest BCUT2D eigenvalue weighted by Gasteiger charge is 2.25. The van der Waals surface area contributed by atoms with Gasteiger partial charge in [-0.3, -0.25) is 9.59 Å². The normalized spacial score (nSPS) is 15.7. The summed E-state index contributed by atoms with van der Waals surface area (Å²) in [7, 11) is 1.53. The highest BCUT2D eigenvalue weighted by molar-refractivity contribution is 14.1. The summed E-state index contributed by atoms with van der Waals surface area (Å²) in [5.74, 6) is 0.547. The molecule has 1 heterocycles. The molecule has 0 aromatic heterocycles. The van der Waals surface area contributed by atoms with Crippen LogP contribution in [0.2, 0.25) is 5.02 Å². The number of halogens is 2. The molecular formula is C21H19ClIN3O5S. The number of thioether (sulfide) groups is 1. The topological polar surface area (TPSA) is 112 Å². The van der Waals surface area contributed by atoms with Gasteiger partial charge in [0.15, 0.2) is 23.3 Å². The van der Waals surface area contributed by atoms with E-state index in [9.17, 15) is 9.59 Å². The third-order valence-electron chi connectivity index (χ3n) is 4.00. The van der Waals surface area contributed by atoms with Crippen molar-refractivity contribution in [3.05, 3.63) is 49.4 Å². The molecule has 0 saturated carbocycles. The van der Waals surface area contributed by atoms with Crippen molar-refractivity contribution in [1.82, 2.24) is 5.32 Å². The first-order chi connectivity index (χ1) is 15.3. The fourth-order valence-corrected chi connectivity index (χ4v) is 4.49. The van der Waals surface area contributed by atoms with Crippen molar-refractivity contribution in [1.29, 1.82) is 0 Å². The zero-order valence-corrected chi connectivity index (χ0v) is 20.8. The number of carbonyl (C=O) groups is 2. The maximum Gasteiger partial charge on any atom is 0.264 e. The number of nitrogens with zero attached hydrogens (tertiary/aromatic N) is 1. The summed E-state index contributed by atoms with van der Waals surface area (Å²) in [6.07, 6.45) is 1.72. The van der Waals surface area contributed by atoms with Crippen LogP contribution in [0.1, 0.15) is 12.5 Å². The van der Waals surface area contributed by atoms with Crippen molar-refractivity contribution in [2.75, 3.05) is 20.3 Å². The van der Waals surface area contributed by atoms with Crippen LogP contribution >= 0.6 is 46.0 Å². The number of nitrogens with two attached hydrogens (primary N) is 1. The molecule has 0 atom stereocenters. The van der Waals surface area contributed by atoms with Crippen molar-refractivity contribution >= 4 is 74.7 Å². The van der Waals surface area contributed by atoms with E-state index < -0.39 is 5.91 Å². The Hall–Kier alpha value is -2.44. The number of primary amides is 1. The van der Waals surface area contributed by atoms with E-state index in [2.05, 4.69) is 32.9 Å². The van der Waals surface area contributed by atoms with Crippen molar-refractivity contribution in [3.63, 3.8) is 0 Å². The van der Waals surface area contributed by atoms with E-state index in [1.165, 1.54) is 18.9 Å².